The van der Waals surface area contributed by atoms with Crippen LogP contribution in [0.3, 0.4) is 0 Å². The topological polar surface area (TPSA) is 71.5 Å². The minimum absolute atomic E-state index is 0.119. The van der Waals surface area contributed by atoms with Crippen LogP contribution in [0.1, 0.15) is 33.2 Å². The van der Waals surface area contributed by atoms with E-state index in [1.807, 2.05) is 73.7 Å². The third kappa shape index (κ3) is 3.70. The summed E-state index contributed by atoms with van der Waals surface area (Å²) in [6.45, 7) is 1.89. The van der Waals surface area contributed by atoms with Crippen molar-refractivity contribution in [1.82, 2.24) is 4.98 Å². The third-order valence-corrected chi connectivity index (χ3v) is 5.08. The summed E-state index contributed by atoms with van der Waals surface area (Å²) in [6, 6.07) is 24.2. The van der Waals surface area contributed by atoms with Crippen molar-refractivity contribution in [2.45, 2.75) is 13.0 Å². The van der Waals surface area contributed by atoms with Gasteiger partial charge in [-0.1, -0.05) is 60.7 Å². The van der Waals surface area contributed by atoms with Crippen molar-refractivity contribution in [2.24, 2.45) is 0 Å². The van der Waals surface area contributed by atoms with Crippen LogP contribution in [-0.4, -0.2) is 23.2 Å². The first kappa shape index (κ1) is 19.5. The Kier molecular flexibility index (Phi) is 5.35. The number of aromatic hydroxyl groups is 1. The molecular weight excluding hydrogens is 376 g/mol. The summed E-state index contributed by atoms with van der Waals surface area (Å²) in [6.07, 6.45) is 0. The third-order valence-electron chi connectivity index (χ3n) is 5.08. The second-order valence-electron chi connectivity index (χ2n) is 7.05. The van der Waals surface area contributed by atoms with Crippen molar-refractivity contribution in [1.29, 1.82) is 0 Å². The second kappa shape index (κ2) is 8.25. The van der Waals surface area contributed by atoms with Gasteiger partial charge in [-0.3, -0.25) is 0 Å². The van der Waals surface area contributed by atoms with E-state index in [0.717, 1.165) is 16.6 Å². The molecule has 5 heteroatoms. The quantitative estimate of drug-likeness (QED) is 0.450. The second-order valence-corrected chi connectivity index (χ2v) is 7.05. The molecule has 5 nitrogen and oxygen atoms in total. The maximum atomic E-state index is 12.2. The van der Waals surface area contributed by atoms with Crippen LogP contribution in [0.15, 0.2) is 78.9 Å². The molecule has 1 aromatic heterocycles. The monoisotopic (exact) mass is 398 g/mol. The van der Waals surface area contributed by atoms with E-state index in [4.69, 9.17) is 4.74 Å². The molecule has 3 aromatic carbocycles. The maximum Gasteiger partial charge on any atom is 0.339 e. The molecule has 1 heterocycles. The Labute approximate surface area is 175 Å². The highest BCUT2D eigenvalue weighted by molar-refractivity contribution is 5.95. The van der Waals surface area contributed by atoms with Crippen molar-refractivity contribution >= 4 is 22.6 Å². The fraction of sp³-hybridized carbons (Fsp3) is 0.120. The zero-order chi connectivity index (χ0) is 21.1. The van der Waals surface area contributed by atoms with Gasteiger partial charge in [-0.15, -0.1) is 0 Å². The average Bonchev–Trinajstić information content (AvgIpc) is 2.79. The van der Waals surface area contributed by atoms with Gasteiger partial charge in [0.05, 0.1) is 18.7 Å². The average molecular weight is 398 g/mol. The number of benzene rings is 3. The van der Waals surface area contributed by atoms with E-state index < -0.39 is 12.0 Å². The van der Waals surface area contributed by atoms with Crippen LogP contribution in [-0.2, 0) is 4.74 Å². The molecule has 0 fully saturated rings. The zero-order valence-corrected chi connectivity index (χ0v) is 16.8. The van der Waals surface area contributed by atoms with Gasteiger partial charge in [-0.2, -0.15) is 0 Å². The summed E-state index contributed by atoms with van der Waals surface area (Å²) in [7, 11) is 1.36. The first-order valence-corrected chi connectivity index (χ1v) is 9.66. The van der Waals surface area contributed by atoms with Gasteiger partial charge < -0.3 is 15.2 Å². The lowest BCUT2D eigenvalue weighted by Gasteiger charge is -2.23. The van der Waals surface area contributed by atoms with Crippen LogP contribution in [0, 0.1) is 6.92 Å². The highest BCUT2D eigenvalue weighted by Crippen LogP contribution is 2.37. The lowest BCUT2D eigenvalue weighted by molar-refractivity contribution is 0.0602. The largest absolute Gasteiger partial charge is 0.505 e. The molecule has 0 aliphatic carbocycles. The zero-order valence-electron chi connectivity index (χ0n) is 16.8. The standard InChI is InChI=1S/C25H22N2O3/c1-16-12-13-18-14-15-20(24(28)23(18)26-16)22(17-8-4-3-5-9-17)27-21-11-7-6-10-19(21)25(29)30-2/h3-15,22,27-28H,1-2H3. The van der Waals surface area contributed by atoms with Crippen molar-refractivity contribution in [3.8, 4) is 5.75 Å². The molecule has 0 saturated carbocycles. The van der Waals surface area contributed by atoms with Gasteiger partial charge in [0.2, 0.25) is 0 Å². The van der Waals surface area contributed by atoms with Crippen molar-refractivity contribution in [3.63, 3.8) is 0 Å². The van der Waals surface area contributed by atoms with E-state index in [-0.39, 0.29) is 5.75 Å². The molecule has 4 aromatic rings. The molecule has 1 unspecified atom stereocenters. The fourth-order valence-corrected chi connectivity index (χ4v) is 3.56. The number of hydrogen-bond donors (Lipinski definition) is 2. The number of carbonyl (C=O) groups is 1. The number of fused-ring (bicyclic) bond motifs is 1. The van der Waals surface area contributed by atoms with Gasteiger partial charge in [0.15, 0.2) is 0 Å². The summed E-state index contributed by atoms with van der Waals surface area (Å²) in [5.74, 6) is -0.307. The molecule has 2 N–H and O–H groups in total. The Hall–Kier alpha value is -3.86. The maximum absolute atomic E-state index is 12.2. The Morgan fingerprint density at radius 3 is 2.43 bits per heavy atom. The number of phenols is 1. The number of methoxy groups -OCH3 is 1. The molecule has 0 bridgehead atoms. The molecule has 30 heavy (non-hydrogen) atoms. The fourth-order valence-electron chi connectivity index (χ4n) is 3.56. The van der Waals surface area contributed by atoms with Crippen LogP contribution in [0.4, 0.5) is 5.69 Å². The van der Waals surface area contributed by atoms with Gasteiger partial charge in [0.25, 0.3) is 0 Å². The van der Waals surface area contributed by atoms with E-state index in [2.05, 4.69) is 10.3 Å². The number of aryl methyl sites for hydroxylation is 1. The predicted molar refractivity (Wildman–Crippen MR) is 118 cm³/mol. The molecule has 150 valence electrons. The molecule has 0 radical (unpaired) electrons. The van der Waals surface area contributed by atoms with Crippen molar-refractivity contribution in [3.05, 3.63) is 101 Å². The number of pyridine rings is 1. The van der Waals surface area contributed by atoms with E-state index >= 15 is 0 Å². The first-order valence-electron chi connectivity index (χ1n) is 9.66. The van der Waals surface area contributed by atoms with Crippen molar-refractivity contribution < 1.29 is 14.6 Å². The van der Waals surface area contributed by atoms with Crippen LogP contribution >= 0.6 is 0 Å². The normalized spacial score (nSPS) is 11.8. The number of nitrogens with zero attached hydrogens (tertiary/aromatic N) is 1. The summed E-state index contributed by atoms with van der Waals surface area (Å²) in [4.78, 5) is 16.8. The summed E-state index contributed by atoms with van der Waals surface area (Å²) < 4.78 is 4.93. The number of rotatable bonds is 5. The van der Waals surface area contributed by atoms with Crippen LogP contribution in [0.25, 0.3) is 10.9 Å². The highest BCUT2D eigenvalue weighted by atomic mass is 16.5. The molecule has 0 saturated heterocycles. The Morgan fingerprint density at radius 2 is 1.67 bits per heavy atom. The molecule has 0 aliphatic rings. The van der Waals surface area contributed by atoms with Crippen LogP contribution in [0.5, 0.6) is 5.75 Å². The van der Waals surface area contributed by atoms with Gasteiger partial charge in [-0.05, 0) is 30.7 Å². The Balaban J connectivity index is 1.87. The molecule has 0 spiro atoms. The lowest BCUT2D eigenvalue weighted by atomic mass is 9.95. The number of nitrogens with one attached hydrogen (secondary N) is 1. The summed E-state index contributed by atoms with van der Waals surface area (Å²) in [5, 5.41) is 15.4. The van der Waals surface area contributed by atoms with E-state index in [1.165, 1.54) is 7.11 Å². The number of hydrogen-bond acceptors (Lipinski definition) is 5. The molecule has 0 amide bonds. The lowest BCUT2D eigenvalue weighted by Crippen LogP contribution is -2.15. The van der Waals surface area contributed by atoms with E-state index in [0.29, 0.717) is 22.3 Å². The number of ether oxygens (including phenoxy) is 1. The van der Waals surface area contributed by atoms with Gasteiger partial charge in [-0.25, -0.2) is 9.78 Å². The van der Waals surface area contributed by atoms with Gasteiger partial charge in [0.1, 0.15) is 11.3 Å². The number of para-hydroxylation sites is 1. The smallest absolute Gasteiger partial charge is 0.339 e. The Bertz CT molecular complexity index is 1210. The van der Waals surface area contributed by atoms with Gasteiger partial charge >= 0.3 is 5.97 Å². The van der Waals surface area contributed by atoms with E-state index in [1.54, 1.807) is 12.1 Å². The SMILES string of the molecule is COC(=O)c1ccccc1NC(c1ccccc1)c1ccc2ccc(C)nc2c1O. The number of aromatic nitrogens is 1. The number of carbonyl (C=O) groups excluding carboxylic acids is 1. The highest BCUT2D eigenvalue weighted by Gasteiger charge is 2.22. The first-order chi connectivity index (χ1) is 14.6. The summed E-state index contributed by atoms with van der Waals surface area (Å²) in [5.41, 5.74) is 4.04. The molecule has 1 atom stereocenters. The number of anilines is 1. The van der Waals surface area contributed by atoms with Gasteiger partial charge in [0, 0.05) is 22.3 Å². The van der Waals surface area contributed by atoms with Crippen molar-refractivity contribution in [2.75, 3.05) is 12.4 Å². The number of esters is 1. The Morgan fingerprint density at radius 1 is 0.967 bits per heavy atom. The molecular formula is C25H22N2O3. The molecule has 0 aliphatic heterocycles. The minimum atomic E-state index is -0.426. The van der Waals surface area contributed by atoms with Crippen LogP contribution < -0.4 is 5.32 Å². The molecule has 4 rings (SSSR count). The minimum Gasteiger partial charge on any atom is -0.505 e. The predicted octanol–water partition coefficient (Wildman–Crippen LogP) is 5.24. The van der Waals surface area contributed by atoms with Crippen LogP contribution in [0.2, 0.25) is 0 Å². The number of phenolic OH excluding ortho intramolecular Hbond substituents is 1. The summed E-state index contributed by atoms with van der Waals surface area (Å²) >= 11 is 0. The van der Waals surface area contributed by atoms with E-state index in [9.17, 15) is 9.90 Å².